The predicted molar refractivity (Wildman–Crippen MR) is 90.1 cm³/mol. The fraction of sp³-hybridized carbons (Fsp3) is 0.529. The van der Waals surface area contributed by atoms with Gasteiger partial charge in [0.2, 0.25) is 0 Å². The number of allylic oxidation sites excluding steroid dienone is 1. The minimum absolute atomic E-state index is 0.147. The van der Waals surface area contributed by atoms with Crippen LogP contribution in [0, 0.1) is 0 Å². The predicted octanol–water partition coefficient (Wildman–Crippen LogP) is 4.44. The Bertz CT molecular complexity index is 488. The molecule has 2 rings (SSSR count). The van der Waals surface area contributed by atoms with E-state index in [0.29, 0.717) is 6.61 Å². The van der Waals surface area contributed by atoms with Crippen molar-refractivity contribution in [1.82, 2.24) is 5.32 Å². The molecule has 4 heteroatoms. The largest absolute Gasteiger partial charge is 0.490 e. The summed E-state index contributed by atoms with van der Waals surface area (Å²) in [7, 11) is 0. The van der Waals surface area contributed by atoms with E-state index in [0.717, 1.165) is 41.9 Å². The maximum absolute atomic E-state index is 6.15. The van der Waals surface area contributed by atoms with E-state index in [1.807, 2.05) is 6.92 Å². The van der Waals surface area contributed by atoms with Crippen molar-refractivity contribution in [2.45, 2.75) is 45.8 Å². The topological polar surface area (TPSA) is 30.5 Å². The van der Waals surface area contributed by atoms with Gasteiger partial charge in [-0.3, -0.25) is 0 Å². The van der Waals surface area contributed by atoms with Gasteiger partial charge in [0.25, 0.3) is 0 Å². The number of ether oxygens (including phenoxy) is 2. The lowest BCUT2D eigenvalue weighted by Gasteiger charge is -2.22. The molecule has 116 valence electrons. The fourth-order valence-electron chi connectivity index (χ4n) is 2.40. The van der Waals surface area contributed by atoms with E-state index >= 15 is 0 Å². The molecule has 0 aliphatic heterocycles. The third-order valence-corrected chi connectivity index (χ3v) is 4.02. The lowest BCUT2D eigenvalue weighted by molar-refractivity contribution is 0.212. The zero-order valence-electron chi connectivity index (χ0n) is 12.8. The molecule has 1 aromatic rings. The molecule has 1 atom stereocenters. The van der Waals surface area contributed by atoms with E-state index in [4.69, 9.17) is 9.47 Å². The van der Waals surface area contributed by atoms with Crippen LogP contribution in [-0.2, 0) is 6.54 Å². The monoisotopic (exact) mass is 353 g/mol. The second-order valence-corrected chi connectivity index (χ2v) is 5.99. The Balaban J connectivity index is 2.20. The van der Waals surface area contributed by atoms with E-state index in [9.17, 15) is 0 Å². The summed E-state index contributed by atoms with van der Waals surface area (Å²) in [5.74, 6) is 1.63. The standard InChI is InChI=1S/C17H24BrNO2/c1-3-19-12-13-10-15(18)17(16(11-13)20-4-2)21-14-8-6-5-7-9-14/h6,8,10-11,14,19H,3-5,7,9,12H2,1-2H3. The first-order valence-corrected chi connectivity index (χ1v) is 8.53. The van der Waals surface area contributed by atoms with Crippen LogP contribution in [0.4, 0.5) is 0 Å². The van der Waals surface area contributed by atoms with Gasteiger partial charge in [-0.15, -0.1) is 0 Å². The van der Waals surface area contributed by atoms with E-state index in [2.05, 4.69) is 52.5 Å². The quantitative estimate of drug-likeness (QED) is 0.734. The molecule has 0 aromatic heterocycles. The van der Waals surface area contributed by atoms with Crippen molar-refractivity contribution >= 4 is 15.9 Å². The fourth-order valence-corrected chi connectivity index (χ4v) is 2.98. The first-order valence-electron chi connectivity index (χ1n) is 7.73. The highest BCUT2D eigenvalue weighted by atomic mass is 79.9. The molecule has 1 aliphatic carbocycles. The smallest absolute Gasteiger partial charge is 0.176 e. The molecule has 0 spiro atoms. The molecule has 0 bridgehead atoms. The van der Waals surface area contributed by atoms with Gasteiger partial charge in [-0.2, -0.15) is 0 Å². The zero-order valence-corrected chi connectivity index (χ0v) is 14.4. The van der Waals surface area contributed by atoms with Crippen LogP contribution in [-0.4, -0.2) is 19.3 Å². The van der Waals surface area contributed by atoms with E-state index in [1.54, 1.807) is 0 Å². The van der Waals surface area contributed by atoms with E-state index in [1.165, 1.54) is 12.0 Å². The third kappa shape index (κ3) is 4.75. The molecule has 1 aromatic carbocycles. The summed E-state index contributed by atoms with van der Waals surface area (Å²) in [5, 5.41) is 3.33. The van der Waals surface area contributed by atoms with Crippen molar-refractivity contribution in [2.75, 3.05) is 13.2 Å². The van der Waals surface area contributed by atoms with Crippen LogP contribution in [0.15, 0.2) is 28.8 Å². The summed E-state index contributed by atoms with van der Waals surface area (Å²) in [6.07, 6.45) is 7.89. The van der Waals surface area contributed by atoms with Crippen molar-refractivity contribution in [1.29, 1.82) is 0 Å². The molecule has 3 nitrogen and oxygen atoms in total. The number of hydrogen-bond donors (Lipinski definition) is 1. The Labute approximate surface area is 135 Å². The van der Waals surface area contributed by atoms with Gasteiger partial charge in [0, 0.05) is 6.54 Å². The van der Waals surface area contributed by atoms with Crippen LogP contribution in [0.5, 0.6) is 11.5 Å². The molecule has 0 radical (unpaired) electrons. The molecule has 1 unspecified atom stereocenters. The molecule has 0 saturated heterocycles. The van der Waals surface area contributed by atoms with Crippen LogP contribution >= 0.6 is 15.9 Å². The maximum Gasteiger partial charge on any atom is 0.176 e. The zero-order chi connectivity index (χ0) is 15.1. The second kappa shape index (κ2) is 8.44. The molecule has 1 N–H and O–H groups in total. The SMILES string of the molecule is CCNCc1cc(Br)c(OC2C=CCCC2)c(OCC)c1. The number of nitrogens with one attached hydrogen (secondary N) is 1. The van der Waals surface area contributed by atoms with Crippen LogP contribution < -0.4 is 14.8 Å². The highest BCUT2D eigenvalue weighted by Crippen LogP contribution is 2.38. The Hall–Kier alpha value is -1.00. The summed E-state index contributed by atoms with van der Waals surface area (Å²) >= 11 is 3.63. The molecule has 0 saturated carbocycles. The average Bonchev–Trinajstić information content (AvgIpc) is 2.50. The van der Waals surface area contributed by atoms with Gasteiger partial charge in [0.1, 0.15) is 6.10 Å². The van der Waals surface area contributed by atoms with Gasteiger partial charge in [-0.1, -0.05) is 13.0 Å². The van der Waals surface area contributed by atoms with Gasteiger partial charge in [0.05, 0.1) is 11.1 Å². The summed E-state index contributed by atoms with van der Waals surface area (Å²) in [4.78, 5) is 0. The lowest BCUT2D eigenvalue weighted by Crippen LogP contribution is -2.17. The van der Waals surface area contributed by atoms with Crippen molar-refractivity contribution in [2.24, 2.45) is 0 Å². The summed E-state index contributed by atoms with van der Waals surface area (Å²) < 4.78 is 12.9. The van der Waals surface area contributed by atoms with Gasteiger partial charge < -0.3 is 14.8 Å². The van der Waals surface area contributed by atoms with Crippen molar-refractivity contribution in [3.8, 4) is 11.5 Å². The Morgan fingerprint density at radius 3 is 2.86 bits per heavy atom. The minimum Gasteiger partial charge on any atom is -0.490 e. The molecule has 0 heterocycles. The van der Waals surface area contributed by atoms with Crippen molar-refractivity contribution in [3.05, 3.63) is 34.3 Å². The minimum atomic E-state index is 0.147. The second-order valence-electron chi connectivity index (χ2n) is 5.13. The third-order valence-electron chi connectivity index (χ3n) is 3.43. The number of halogens is 1. The van der Waals surface area contributed by atoms with Gasteiger partial charge in [0.15, 0.2) is 11.5 Å². The highest BCUT2D eigenvalue weighted by molar-refractivity contribution is 9.10. The molecule has 1 aliphatic rings. The Morgan fingerprint density at radius 2 is 2.19 bits per heavy atom. The van der Waals surface area contributed by atoms with Crippen molar-refractivity contribution < 1.29 is 9.47 Å². The summed E-state index contributed by atoms with van der Waals surface area (Å²) in [5.41, 5.74) is 1.19. The van der Waals surface area contributed by atoms with Gasteiger partial charge >= 0.3 is 0 Å². The number of rotatable bonds is 7. The maximum atomic E-state index is 6.15. The lowest BCUT2D eigenvalue weighted by atomic mass is 10.1. The average molecular weight is 354 g/mol. The van der Waals surface area contributed by atoms with E-state index in [-0.39, 0.29) is 6.10 Å². The molecule has 21 heavy (non-hydrogen) atoms. The van der Waals surface area contributed by atoms with Gasteiger partial charge in [-0.05, 0) is 72.4 Å². The van der Waals surface area contributed by atoms with E-state index < -0.39 is 0 Å². The number of benzene rings is 1. The molecular formula is C17H24BrNO2. The Morgan fingerprint density at radius 1 is 1.33 bits per heavy atom. The van der Waals surface area contributed by atoms with Crippen LogP contribution in [0.25, 0.3) is 0 Å². The summed E-state index contributed by atoms with van der Waals surface area (Å²) in [6.45, 7) is 6.51. The van der Waals surface area contributed by atoms with Crippen LogP contribution in [0.3, 0.4) is 0 Å². The first-order chi connectivity index (χ1) is 10.2. The molecule has 0 fully saturated rings. The number of hydrogen-bond acceptors (Lipinski definition) is 3. The summed E-state index contributed by atoms with van der Waals surface area (Å²) in [6, 6.07) is 4.17. The normalized spacial score (nSPS) is 17.8. The Kier molecular flexibility index (Phi) is 6.58. The molecule has 0 amide bonds. The first kappa shape index (κ1) is 16.4. The van der Waals surface area contributed by atoms with Crippen molar-refractivity contribution in [3.63, 3.8) is 0 Å². The van der Waals surface area contributed by atoms with Crippen LogP contribution in [0.2, 0.25) is 0 Å². The highest BCUT2D eigenvalue weighted by Gasteiger charge is 2.17. The van der Waals surface area contributed by atoms with Gasteiger partial charge in [-0.25, -0.2) is 0 Å². The van der Waals surface area contributed by atoms with Crippen LogP contribution in [0.1, 0.15) is 38.7 Å². The molecular weight excluding hydrogens is 330 g/mol.